The third-order valence-electron chi connectivity index (χ3n) is 4.43. The van der Waals surface area contributed by atoms with Crippen molar-refractivity contribution in [2.75, 3.05) is 33.2 Å². The fraction of sp³-hybridized carbons (Fsp3) is 0.929. The maximum atomic E-state index is 11.9. The summed E-state index contributed by atoms with van der Waals surface area (Å²) in [6.45, 7) is 5.91. The number of amides is 1. The Morgan fingerprint density at radius 1 is 1.42 bits per heavy atom. The van der Waals surface area contributed by atoms with Crippen molar-refractivity contribution in [1.82, 2.24) is 15.1 Å². The Bertz CT molecular complexity index is 306. The second-order valence-electron chi connectivity index (χ2n) is 5.97. The Balaban J connectivity index is 1.83. The molecule has 2 rings (SSSR count). The summed E-state index contributed by atoms with van der Waals surface area (Å²) in [5.41, 5.74) is 5.88. The molecule has 1 saturated carbocycles. The first kappa shape index (κ1) is 14.8. The van der Waals surface area contributed by atoms with Crippen molar-refractivity contribution < 1.29 is 4.79 Å². The predicted molar refractivity (Wildman–Crippen MR) is 76.9 cm³/mol. The molecule has 1 amide bonds. The monoisotopic (exact) mass is 268 g/mol. The summed E-state index contributed by atoms with van der Waals surface area (Å²) in [4.78, 5) is 16.7. The van der Waals surface area contributed by atoms with Gasteiger partial charge in [0.1, 0.15) is 0 Å². The average molecular weight is 268 g/mol. The van der Waals surface area contributed by atoms with Gasteiger partial charge in [-0.2, -0.15) is 0 Å². The van der Waals surface area contributed by atoms with Crippen LogP contribution in [0, 0.1) is 0 Å². The molecule has 5 nitrogen and oxygen atoms in total. The zero-order chi connectivity index (χ0) is 13.8. The van der Waals surface area contributed by atoms with E-state index >= 15 is 0 Å². The van der Waals surface area contributed by atoms with E-state index in [-0.39, 0.29) is 11.9 Å². The van der Waals surface area contributed by atoms with Gasteiger partial charge in [0.05, 0.1) is 0 Å². The molecule has 1 heterocycles. The number of nitrogens with one attached hydrogen (secondary N) is 1. The number of piperazine rings is 1. The van der Waals surface area contributed by atoms with Crippen LogP contribution in [0.15, 0.2) is 0 Å². The summed E-state index contributed by atoms with van der Waals surface area (Å²) in [6, 6.07) is 1.23. The molecule has 0 spiro atoms. The number of nitrogens with two attached hydrogens (primary N) is 1. The Hall–Kier alpha value is -0.650. The van der Waals surface area contributed by atoms with Crippen LogP contribution in [-0.2, 0) is 4.79 Å². The molecule has 2 atom stereocenters. The topological polar surface area (TPSA) is 61.6 Å². The van der Waals surface area contributed by atoms with Gasteiger partial charge < -0.3 is 16.0 Å². The third-order valence-corrected chi connectivity index (χ3v) is 4.43. The lowest BCUT2D eigenvalue weighted by Crippen LogP contribution is -2.56. The van der Waals surface area contributed by atoms with E-state index in [0.717, 1.165) is 38.9 Å². The van der Waals surface area contributed by atoms with Crippen molar-refractivity contribution in [2.24, 2.45) is 5.73 Å². The third kappa shape index (κ3) is 4.16. The van der Waals surface area contributed by atoms with Gasteiger partial charge in [-0.15, -0.1) is 0 Å². The predicted octanol–water partition coefficient (Wildman–Crippen LogP) is 0.00840. The van der Waals surface area contributed by atoms with Gasteiger partial charge in [0, 0.05) is 50.7 Å². The molecule has 0 aromatic heterocycles. The first-order chi connectivity index (χ1) is 9.13. The number of rotatable bonds is 6. The van der Waals surface area contributed by atoms with Crippen molar-refractivity contribution >= 4 is 5.91 Å². The number of carbonyl (C=O) groups excluding carboxylic acids is 1. The highest BCUT2D eigenvalue weighted by atomic mass is 16.1. The summed E-state index contributed by atoms with van der Waals surface area (Å²) < 4.78 is 0. The fourth-order valence-corrected chi connectivity index (χ4v) is 2.83. The molecule has 3 N–H and O–H groups in total. The molecule has 2 fully saturated rings. The van der Waals surface area contributed by atoms with Crippen LogP contribution in [0.3, 0.4) is 0 Å². The smallest absolute Gasteiger partial charge is 0.221 e. The largest absolute Gasteiger partial charge is 0.353 e. The molecule has 2 aliphatic rings. The molecular formula is C14H28N4O. The Morgan fingerprint density at radius 3 is 2.74 bits per heavy atom. The minimum Gasteiger partial charge on any atom is -0.353 e. The van der Waals surface area contributed by atoms with Gasteiger partial charge in [-0.05, 0) is 26.3 Å². The van der Waals surface area contributed by atoms with Crippen molar-refractivity contribution in [3.63, 3.8) is 0 Å². The van der Waals surface area contributed by atoms with Gasteiger partial charge in [-0.25, -0.2) is 0 Å². The van der Waals surface area contributed by atoms with Crippen molar-refractivity contribution in [2.45, 2.75) is 50.7 Å². The average Bonchev–Trinajstić information content (AvgIpc) is 3.20. The van der Waals surface area contributed by atoms with Crippen molar-refractivity contribution in [3.8, 4) is 0 Å². The summed E-state index contributed by atoms with van der Waals surface area (Å²) in [5.74, 6) is 0.171. The Labute approximate surface area is 116 Å². The van der Waals surface area contributed by atoms with Crippen LogP contribution in [0.1, 0.15) is 32.6 Å². The molecule has 5 heteroatoms. The van der Waals surface area contributed by atoms with E-state index in [1.807, 2.05) is 0 Å². The molecule has 2 unspecified atom stereocenters. The lowest BCUT2D eigenvalue weighted by Gasteiger charge is -2.42. The maximum absolute atomic E-state index is 11.9. The molecule has 0 aromatic carbocycles. The molecule has 0 bridgehead atoms. The van der Waals surface area contributed by atoms with Crippen LogP contribution in [0.2, 0.25) is 0 Å². The van der Waals surface area contributed by atoms with Gasteiger partial charge >= 0.3 is 0 Å². The number of likely N-dealkylation sites (N-methyl/N-ethyl adjacent to an activating group) is 1. The number of nitrogens with zero attached hydrogens (tertiary/aromatic N) is 2. The molecule has 0 aromatic rings. The Morgan fingerprint density at radius 2 is 2.16 bits per heavy atom. The number of hydrogen-bond acceptors (Lipinski definition) is 4. The van der Waals surface area contributed by atoms with Gasteiger partial charge in [-0.3, -0.25) is 9.69 Å². The molecule has 19 heavy (non-hydrogen) atoms. The Kier molecular flexibility index (Phi) is 5.19. The van der Waals surface area contributed by atoms with E-state index < -0.39 is 0 Å². The lowest BCUT2D eigenvalue weighted by atomic mass is 10.1. The standard InChI is InChI=1S/C14H28N4O/c1-3-12-10-18(7-6-17(12)2)13(9-15)8-14(19)16-11-4-5-11/h11-13H,3-10,15H2,1-2H3,(H,16,19). The second kappa shape index (κ2) is 6.68. The van der Waals surface area contributed by atoms with Gasteiger partial charge in [-0.1, -0.05) is 6.92 Å². The minimum atomic E-state index is 0.171. The summed E-state index contributed by atoms with van der Waals surface area (Å²) in [5, 5.41) is 3.06. The first-order valence-electron chi connectivity index (χ1n) is 7.57. The molecule has 1 aliphatic carbocycles. The molecular weight excluding hydrogens is 240 g/mol. The van der Waals surface area contributed by atoms with Gasteiger partial charge in [0.25, 0.3) is 0 Å². The van der Waals surface area contributed by atoms with Crippen LogP contribution in [-0.4, -0.2) is 67.1 Å². The van der Waals surface area contributed by atoms with Crippen molar-refractivity contribution in [3.05, 3.63) is 0 Å². The highest BCUT2D eigenvalue weighted by molar-refractivity contribution is 5.77. The fourth-order valence-electron chi connectivity index (χ4n) is 2.83. The van der Waals surface area contributed by atoms with E-state index in [2.05, 4.69) is 29.1 Å². The van der Waals surface area contributed by atoms with Crippen LogP contribution in [0.25, 0.3) is 0 Å². The lowest BCUT2D eigenvalue weighted by molar-refractivity contribution is -0.122. The molecule has 1 saturated heterocycles. The molecule has 0 radical (unpaired) electrons. The summed E-state index contributed by atoms with van der Waals surface area (Å²) in [6.07, 6.45) is 3.99. The van der Waals surface area contributed by atoms with Gasteiger partial charge in [0.15, 0.2) is 0 Å². The highest BCUT2D eigenvalue weighted by Gasteiger charge is 2.30. The van der Waals surface area contributed by atoms with Crippen LogP contribution in [0.5, 0.6) is 0 Å². The zero-order valence-corrected chi connectivity index (χ0v) is 12.3. The zero-order valence-electron chi connectivity index (χ0n) is 12.3. The van der Waals surface area contributed by atoms with E-state index in [0.29, 0.717) is 25.0 Å². The normalized spacial score (nSPS) is 27.2. The van der Waals surface area contributed by atoms with Gasteiger partial charge in [0.2, 0.25) is 5.91 Å². The van der Waals surface area contributed by atoms with Crippen LogP contribution in [0.4, 0.5) is 0 Å². The van der Waals surface area contributed by atoms with Crippen LogP contribution < -0.4 is 11.1 Å². The molecule has 110 valence electrons. The van der Waals surface area contributed by atoms with E-state index in [1.165, 1.54) is 0 Å². The SMILES string of the molecule is CCC1CN(C(CN)CC(=O)NC2CC2)CCN1C. The first-order valence-corrected chi connectivity index (χ1v) is 7.57. The van der Waals surface area contributed by atoms with E-state index in [9.17, 15) is 4.79 Å². The van der Waals surface area contributed by atoms with E-state index in [1.54, 1.807) is 0 Å². The maximum Gasteiger partial charge on any atom is 0.221 e. The van der Waals surface area contributed by atoms with Crippen molar-refractivity contribution in [1.29, 1.82) is 0 Å². The molecule has 1 aliphatic heterocycles. The second-order valence-corrected chi connectivity index (χ2v) is 5.97. The summed E-state index contributed by atoms with van der Waals surface area (Å²) >= 11 is 0. The number of hydrogen-bond donors (Lipinski definition) is 2. The highest BCUT2D eigenvalue weighted by Crippen LogP contribution is 2.19. The van der Waals surface area contributed by atoms with E-state index in [4.69, 9.17) is 5.73 Å². The number of carbonyl (C=O) groups is 1. The van der Waals surface area contributed by atoms with Crippen LogP contribution >= 0.6 is 0 Å². The summed E-state index contributed by atoms with van der Waals surface area (Å²) in [7, 11) is 2.18. The minimum absolute atomic E-state index is 0.171. The quantitative estimate of drug-likeness (QED) is 0.712.